The number of furan rings is 1. The van der Waals surface area contributed by atoms with E-state index in [0.29, 0.717) is 18.0 Å². The molecule has 108 valence electrons. The van der Waals surface area contributed by atoms with Gasteiger partial charge in [0.2, 0.25) is 0 Å². The van der Waals surface area contributed by atoms with Crippen molar-refractivity contribution in [1.82, 2.24) is 5.32 Å². The SMILES string of the molecule is CCCC(CCO)CNC(=O)c1coc2ccccc12. The molecule has 0 aliphatic rings. The summed E-state index contributed by atoms with van der Waals surface area (Å²) in [6.07, 6.45) is 4.28. The van der Waals surface area contributed by atoms with Gasteiger partial charge in [0.1, 0.15) is 11.8 Å². The van der Waals surface area contributed by atoms with E-state index in [4.69, 9.17) is 9.52 Å². The zero-order valence-corrected chi connectivity index (χ0v) is 11.8. The lowest BCUT2D eigenvalue weighted by molar-refractivity contribution is 0.0943. The number of nitrogens with one attached hydrogen (secondary N) is 1. The first-order valence-electron chi connectivity index (χ1n) is 7.11. The average molecular weight is 275 g/mol. The van der Waals surface area contributed by atoms with Crippen molar-refractivity contribution in [2.45, 2.75) is 26.2 Å². The third-order valence-corrected chi connectivity index (χ3v) is 3.51. The van der Waals surface area contributed by atoms with E-state index in [0.717, 1.165) is 30.2 Å². The minimum atomic E-state index is -0.117. The Kier molecular flexibility index (Phi) is 5.18. The predicted molar refractivity (Wildman–Crippen MR) is 78.6 cm³/mol. The van der Waals surface area contributed by atoms with E-state index < -0.39 is 0 Å². The van der Waals surface area contributed by atoms with Gasteiger partial charge in [-0.15, -0.1) is 0 Å². The fourth-order valence-corrected chi connectivity index (χ4v) is 2.43. The Bertz CT molecular complexity index is 556. The van der Waals surface area contributed by atoms with E-state index in [2.05, 4.69) is 12.2 Å². The van der Waals surface area contributed by atoms with Crippen molar-refractivity contribution in [3.63, 3.8) is 0 Å². The first-order valence-corrected chi connectivity index (χ1v) is 7.11. The molecule has 2 rings (SSSR count). The number of aliphatic hydroxyl groups is 1. The van der Waals surface area contributed by atoms with Crippen molar-refractivity contribution in [3.05, 3.63) is 36.1 Å². The molecule has 0 fully saturated rings. The number of benzene rings is 1. The van der Waals surface area contributed by atoms with Crippen LogP contribution >= 0.6 is 0 Å². The number of carbonyl (C=O) groups excluding carboxylic acids is 1. The van der Waals surface area contributed by atoms with Gasteiger partial charge in [0.05, 0.1) is 5.56 Å². The normalized spacial score (nSPS) is 12.5. The number of amides is 1. The van der Waals surface area contributed by atoms with Crippen LogP contribution in [-0.4, -0.2) is 24.2 Å². The van der Waals surface area contributed by atoms with E-state index in [1.54, 1.807) is 0 Å². The topological polar surface area (TPSA) is 62.5 Å². The lowest BCUT2D eigenvalue weighted by Gasteiger charge is -2.15. The summed E-state index contributed by atoms with van der Waals surface area (Å²) >= 11 is 0. The number of fused-ring (bicyclic) bond motifs is 1. The second-order valence-electron chi connectivity index (χ2n) is 5.02. The molecule has 0 aliphatic carbocycles. The van der Waals surface area contributed by atoms with Crippen molar-refractivity contribution < 1.29 is 14.3 Å². The number of hydrogen-bond acceptors (Lipinski definition) is 3. The van der Waals surface area contributed by atoms with Gasteiger partial charge in [-0.3, -0.25) is 4.79 Å². The van der Waals surface area contributed by atoms with Crippen LogP contribution in [0.3, 0.4) is 0 Å². The molecule has 2 aromatic rings. The molecule has 0 aliphatic heterocycles. The van der Waals surface area contributed by atoms with Crippen molar-refractivity contribution in [3.8, 4) is 0 Å². The van der Waals surface area contributed by atoms with E-state index in [-0.39, 0.29) is 12.5 Å². The highest BCUT2D eigenvalue weighted by Gasteiger charge is 2.15. The van der Waals surface area contributed by atoms with Crippen molar-refractivity contribution in [1.29, 1.82) is 0 Å². The lowest BCUT2D eigenvalue weighted by Crippen LogP contribution is -2.29. The van der Waals surface area contributed by atoms with Crippen LogP contribution in [0.1, 0.15) is 36.5 Å². The molecule has 0 saturated heterocycles. The summed E-state index contributed by atoms with van der Waals surface area (Å²) < 4.78 is 5.37. The van der Waals surface area contributed by atoms with Gasteiger partial charge < -0.3 is 14.8 Å². The summed E-state index contributed by atoms with van der Waals surface area (Å²) in [5.74, 6) is 0.209. The third kappa shape index (κ3) is 3.39. The van der Waals surface area contributed by atoms with Gasteiger partial charge in [-0.2, -0.15) is 0 Å². The fourth-order valence-electron chi connectivity index (χ4n) is 2.43. The van der Waals surface area contributed by atoms with Gasteiger partial charge in [-0.25, -0.2) is 0 Å². The Morgan fingerprint density at radius 2 is 2.15 bits per heavy atom. The van der Waals surface area contributed by atoms with Crippen molar-refractivity contribution in [2.24, 2.45) is 5.92 Å². The minimum Gasteiger partial charge on any atom is -0.463 e. The molecule has 1 aromatic heterocycles. The molecule has 1 atom stereocenters. The van der Waals surface area contributed by atoms with Crippen LogP contribution in [-0.2, 0) is 0 Å². The monoisotopic (exact) mass is 275 g/mol. The van der Waals surface area contributed by atoms with Gasteiger partial charge >= 0.3 is 0 Å². The van der Waals surface area contributed by atoms with Crippen LogP contribution in [0, 0.1) is 5.92 Å². The molecule has 1 amide bonds. The number of rotatable bonds is 7. The van der Waals surface area contributed by atoms with E-state index in [1.807, 2.05) is 24.3 Å². The van der Waals surface area contributed by atoms with E-state index in [1.165, 1.54) is 6.26 Å². The number of para-hydroxylation sites is 1. The largest absolute Gasteiger partial charge is 0.463 e. The highest BCUT2D eigenvalue weighted by Crippen LogP contribution is 2.20. The van der Waals surface area contributed by atoms with Gasteiger partial charge in [-0.1, -0.05) is 31.5 Å². The molecule has 1 heterocycles. The maximum Gasteiger partial charge on any atom is 0.255 e. The van der Waals surface area contributed by atoms with E-state index in [9.17, 15) is 4.79 Å². The number of hydrogen-bond donors (Lipinski definition) is 2. The zero-order chi connectivity index (χ0) is 14.4. The Morgan fingerprint density at radius 3 is 2.90 bits per heavy atom. The molecule has 1 aromatic carbocycles. The fraction of sp³-hybridized carbons (Fsp3) is 0.438. The highest BCUT2D eigenvalue weighted by molar-refractivity contribution is 6.05. The van der Waals surface area contributed by atoms with Crippen LogP contribution in [0.25, 0.3) is 11.0 Å². The summed E-state index contributed by atoms with van der Waals surface area (Å²) in [5.41, 5.74) is 1.29. The zero-order valence-electron chi connectivity index (χ0n) is 11.8. The van der Waals surface area contributed by atoms with Crippen LogP contribution in [0.15, 0.2) is 34.9 Å². The summed E-state index contributed by atoms with van der Waals surface area (Å²) in [6, 6.07) is 7.50. The Morgan fingerprint density at radius 1 is 1.35 bits per heavy atom. The van der Waals surface area contributed by atoms with Crippen molar-refractivity contribution >= 4 is 16.9 Å². The third-order valence-electron chi connectivity index (χ3n) is 3.51. The molecular formula is C16H21NO3. The molecule has 20 heavy (non-hydrogen) atoms. The minimum absolute atomic E-state index is 0.117. The Balaban J connectivity index is 2.01. The summed E-state index contributed by atoms with van der Waals surface area (Å²) in [5, 5.41) is 12.8. The molecular weight excluding hydrogens is 254 g/mol. The molecule has 1 unspecified atom stereocenters. The molecule has 2 N–H and O–H groups in total. The van der Waals surface area contributed by atoms with E-state index >= 15 is 0 Å². The van der Waals surface area contributed by atoms with Crippen LogP contribution in [0.5, 0.6) is 0 Å². The summed E-state index contributed by atoms with van der Waals surface area (Å²) in [6.45, 7) is 2.86. The smallest absolute Gasteiger partial charge is 0.255 e. The molecule has 4 nitrogen and oxygen atoms in total. The Hall–Kier alpha value is -1.81. The first-order chi connectivity index (χ1) is 9.76. The standard InChI is InChI=1S/C16H21NO3/c1-2-5-12(8-9-18)10-17-16(19)14-11-20-15-7-4-3-6-13(14)15/h3-4,6-7,11-12,18H,2,5,8-10H2,1H3,(H,17,19). The highest BCUT2D eigenvalue weighted by atomic mass is 16.3. The Labute approximate surface area is 118 Å². The van der Waals surface area contributed by atoms with Crippen LogP contribution < -0.4 is 5.32 Å². The average Bonchev–Trinajstić information content (AvgIpc) is 2.89. The van der Waals surface area contributed by atoms with Crippen LogP contribution in [0.4, 0.5) is 0 Å². The molecule has 4 heteroatoms. The maximum atomic E-state index is 12.2. The van der Waals surface area contributed by atoms with Gasteiger partial charge in [0.15, 0.2) is 0 Å². The quantitative estimate of drug-likeness (QED) is 0.816. The predicted octanol–water partition coefficient (Wildman–Crippen LogP) is 2.96. The van der Waals surface area contributed by atoms with Gasteiger partial charge in [0.25, 0.3) is 5.91 Å². The summed E-state index contributed by atoms with van der Waals surface area (Å²) in [7, 11) is 0. The lowest BCUT2D eigenvalue weighted by atomic mass is 10.00. The maximum absolute atomic E-state index is 12.2. The molecule has 0 bridgehead atoms. The van der Waals surface area contributed by atoms with Gasteiger partial charge in [0, 0.05) is 18.5 Å². The van der Waals surface area contributed by atoms with Crippen molar-refractivity contribution in [2.75, 3.05) is 13.2 Å². The molecule has 0 saturated carbocycles. The summed E-state index contributed by atoms with van der Waals surface area (Å²) in [4.78, 5) is 12.2. The van der Waals surface area contributed by atoms with Gasteiger partial charge in [-0.05, 0) is 24.8 Å². The number of aliphatic hydroxyl groups excluding tert-OH is 1. The number of carbonyl (C=O) groups is 1. The second-order valence-corrected chi connectivity index (χ2v) is 5.02. The second kappa shape index (κ2) is 7.10. The first kappa shape index (κ1) is 14.6. The molecule has 0 radical (unpaired) electrons. The van der Waals surface area contributed by atoms with Crippen LogP contribution in [0.2, 0.25) is 0 Å². The molecule has 0 spiro atoms.